The molecule has 2 heterocycles. The first-order valence-corrected chi connectivity index (χ1v) is 9.42. The van der Waals surface area contributed by atoms with E-state index in [1.165, 1.54) is 0 Å². The number of nitrogens with zero attached hydrogens (tertiary/aromatic N) is 3. The van der Waals surface area contributed by atoms with Gasteiger partial charge in [0.15, 0.2) is 0 Å². The van der Waals surface area contributed by atoms with E-state index >= 15 is 0 Å². The molecule has 0 atom stereocenters. The molecule has 0 saturated heterocycles. The van der Waals surface area contributed by atoms with Gasteiger partial charge in [0.1, 0.15) is 12.3 Å². The topological polar surface area (TPSA) is 47.4 Å². The summed E-state index contributed by atoms with van der Waals surface area (Å²) in [6, 6.07) is 11.3. The lowest BCUT2D eigenvalue weighted by atomic mass is 9.81. The van der Waals surface area contributed by atoms with Gasteiger partial charge in [-0.3, -0.25) is 9.48 Å². The number of ether oxygens (including phenoxy) is 1. The number of carbonyl (C=O) groups is 1. The van der Waals surface area contributed by atoms with Crippen molar-refractivity contribution < 1.29 is 18.3 Å². The highest BCUT2D eigenvalue weighted by Gasteiger charge is 2.46. The van der Waals surface area contributed by atoms with E-state index in [-0.39, 0.29) is 24.7 Å². The predicted molar refractivity (Wildman–Crippen MR) is 97.9 cm³/mol. The van der Waals surface area contributed by atoms with Gasteiger partial charge in [-0.2, -0.15) is 0 Å². The van der Waals surface area contributed by atoms with Crippen molar-refractivity contribution in [3.63, 3.8) is 0 Å². The molecule has 1 aliphatic carbocycles. The van der Waals surface area contributed by atoms with Crippen LogP contribution in [0.15, 0.2) is 36.4 Å². The third-order valence-electron chi connectivity index (χ3n) is 4.73. The fraction of sp³-hybridized carbons (Fsp3) is 0.500. The standard InChI is InChI=1S/C18H19F2N3O2.C2H6/c19-18(20)9-14(10-18)11-22-6-7-23-15(17(22)24)8-16(21-23)25-12-13-4-2-1-3-5-13;1-2/h1-5,8,14H,6-7,9-12H2;1-2H3. The van der Waals surface area contributed by atoms with Gasteiger partial charge >= 0.3 is 0 Å². The Morgan fingerprint density at radius 3 is 2.56 bits per heavy atom. The zero-order chi connectivity index (χ0) is 19.4. The molecule has 2 aromatic rings. The van der Waals surface area contributed by atoms with E-state index in [1.54, 1.807) is 15.6 Å². The van der Waals surface area contributed by atoms with E-state index < -0.39 is 5.92 Å². The number of rotatable bonds is 5. The van der Waals surface area contributed by atoms with E-state index in [0.29, 0.717) is 37.8 Å². The lowest BCUT2D eigenvalue weighted by molar-refractivity contribution is -0.114. The molecule has 1 fully saturated rings. The summed E-state index contributed by atoms with van der Waals surface area (Å²) in [6.45, 7) is 5.82. The van der Waals surface area contributed by atoms with Crippen LogP contribution in [0.1, 0.15) is 42.7 Å². The summed E-state index contributed by atoms with van der Waals surface area (Å²) in [5, 5.41) is 4.31. The molecule has 1 aromatic heterocycles. The van der Waals surface area contributed by atoms with Gasteiger partial charge in [-0.25, -0.2) is 8.78 Å². The molecule has 7 heteroatoms. The summed E-state index contributed by atoms with van der Waals surface area (Å²) in [7, 11) is 0. The maximum atomic E-state index is 13.0. The first-order chi connectivity index (χ1) is 13.0. The molecule has 0 unspecified atom stereocenters. The Balaban J connectivity index is 0.00000102. The molecule has 4 rings (SSSR count). The van der Waals surface area contributed by atoms with Crippen LogP contribution >= 0.6 is 0 Å². The van der Waals surface area contributed by atoms with Gasteiger partial charge in [-0.1, -0.05) is 44.2 Å². The third kappa shape index (κ3) is 4.46. The minimum atomic E-state index is -2.55. The number of aromatic nitrogens is 2. The van der Waals surface area contributed by atoms with Crippen LogP contribution in [0.3, 0.4) is 0 Å². The number of benzene rings is 1. The highest BCUT2D eigenvalue weighted by molar-refractivity contribution is 5.93. The first-order valence-electron chi connectivity index (χ1n) is 9.42. The largest absolute Gasteiger partial charge is 0.472 e. The molecular formula is C20H25F2N3O2. The Hall–Kier alpha value is -2.44. The molecule has 5 nitrogen and oxygen atoms in total. The van der Waals surface area contributed by atoms with Gasteiger partial charge in [0.2, 0.25) is 11.8 Å². The molecule has 2 aliphatic rings. The summed E-state index contributed by atoms with van der Waals surface area (Å²) in [5.41, 5.74) is 1.48. The number of hydrogen-bond donors (Lipinski definition) is 0. The molecule has 0 N–H and O–H groups in total. The van der Waals surface area contributed by atoms with Crippen molar-refractivity contribution in [1.82, 2.24) is 14.7 Å². The Kier molecular flexibility index (Phi) is 5.77. The minimum Gasteiger partial charge on any atom is -0.472 e. The van der Waals surface area contributed by atoms with Crippen molar-refractivity contribution in [2.45, 2.75) is 45.8 Å². The van der Waals surface area contributed by atoms with Crippen LogP contribution in [0.2, 0.25) is 0 Å². The van der Waals surface area contributed by atoms with E-state index in [1.807, 2.05) is 44.2 Å². The van der Waals surface area contributed by atoms with E-state index in [2.05, 4.69) is 5.10 Å². The van der Waals surface area contributed by atoms with Gasteiger partial charge in [0, 0.05) is 32.0 Å². The minimum absolute atomic E-state index is 0.109. The molecular weight excluding hydrogens is 352 g/mol. The number of amides is 1. The number of halogens is 2. The van der Waals surface area contributed by atoms with E-state index in [4.69, 9.17) is 4.74 Å². The number of carbonyl (C=O) groups excluding carboxylic acids is 1. The smallest absolute Gasteiger partial charge is 0.272 e. The van der Waals surface area contributed by atoms with E-state index in [9.17, 15) is 13.6 Å². The van der Waals surface area contributed by atoms with Crippen molar-refractivity contribution in [3.05, 3.63) is 47.7 Å². The fourth-order valence-electron chi connectivity index (χ4n) is 3.42. The van der Waals surface area contributed by atoms with Gasteiger partial charge in [-0.05, 0) is 11.5 Å². The summed E-state index contributed by atoms with van der Waals surface area (Å²) in [5.74, 6) is -2.42. The zero-order valence-electron chi connectivity index (χ0n) is 15.7. The molecule has 1 saturated carbocycles. The highest BCUT2D eigenvalue weighted by atomic mass is 19.3. The Morgan fingerprint density at radius 2 is 1.89 bits per heavy atom. The van der Waals surface area contributed by atoms with Gasteiger partial charge in [-0.15, -0.1) is 5.10 Å². The molecule has 146 valence electrons. The second-order valence-corrected chi connectivity index (χ2v) is 6.75. The second-order valence-electron chi connectivity index (χ2n) is 6.75. The molecule has 1 amide bonds. The summed E-state index contributed by atoms with van der Waals surface area (Å²) in [6.07, 6.45) is -0.247. The monoisotopic (exact) mass is 377 g/mol. The molecule has 1 aliphatic heterocycles. The molecule has 1 aromatic carbocycles. The lowest BCUT2D eigenvalue weighted by Gasteiger charge is -2.39. The van der Waals surface area contributed by atoms with Crippen molar-refractivity contribution in [2.24, 2.45) is 5.92 Å². The Bertz CT molecular complexity index is 769. The third-order valence-corrected chi connectivity index (χ3v) is 4.73. The Morgan fingerprint density at radius 1 is 1.19 bits per heavy atom. The highest BCUT2D eigenvalue weighted by Crippen LogP contribution is 2.42. The van der Waals surface area contributed by atoms with Crippen molar-refractivity contribution in [2.75, 3.05) is 13.1 Å². The average molecular weight is 377 g/mol. The van der Waals surface area contributed by atoms with Crippen LogP contribution in [-0.2, 0) is 13.2 Å². The number of fused-ring (bicyclic) bond motifs is 1. The van der Waals surface area contributed by atoms with Crippen molar-refractivity contribution >= 4 is 5.91 Å². The van der Waals surface area contributed by atoms with Crippen LogP contribution in [-0.4, -0.2) is 39.6 Å². The maximum absolute atomic E-state index is 13.0. The maximum Gasteiger partial charge on any atom is 0.272 e. The molecule has 27 heavy (non-hydrogen) atoms. The van der Waals surface area contributed by atoms with Gasteiger partial charge in [0.25, 0.3) is 5.91 Å². The summed E-state index contributed by atoms with van der Waals surface area (Å²) < 4.78 is 33.2. The first kappa shape index (κ1) is 19.3. The molecule has 0 bridgehead atoms. The normalized spacial score (nSPS) is 18.2. The van der Waals surface area contributed by atoms with Crippen LogP contribution in [0.25, 0.3) is 0 Å². The van der Waals surface area contributed by atoms with E-state index in [0.717, 1.165) is 5.56 Å². The van der Waals surface area contributed by atoms with Crippen LogP contribution < -0.4 is 4.74 Å². The van der Waals surface area contributed by atoms with Gasteiger partial charge < -0.3 is 9.64 Å². The van der Waals surface area contributed by atoms with Crippen LogP contribution in [0.4, 0.5) is 8.78 Å². The lowest BCUT2D eigenvalue weighted by Crippen LogP contribution is -2.47. The SMILES string of the molecule is CC.O=C1c2cc(OCc3ccccc3)nn2CCN1CC1CC(F)(F)C1. The van der Waals surface area contributed by atoms with Gasteiger partial charge in [0.05, 0.1) is 6.54 Å². The molecule has 0 spiro atoms. The molecule has 0 radical (unpaired) electrons. The zero-order valence-corrected chi connectivity index (χ0v) is 15.7. The van der Waals surface area contributed by atoms with Crippen LogP contribution in [0.5, 0.6) is 5.88 Å². The van der Waals surface area contributed by atoms with Crippen LogP contribution in [0, 0.1) is 5.92 Å². The predicted octanol–water partition coefficient (Wildman–Crippen LogP) is 3.99. The van der Waals surface area contributed by atoms with Crippen molar-refractivity contribution in [3.8, 4) is 5.88 Å². The number of alkyl halides is 2. The second kappa shape index (κ2) is 8.06. The summed E-state index contributed by atoms with van der Waals surface area (Å²) in [4.78, 5) is 14.2. The number of hydrogen-bond acceptors (Lipinski definition) is 3. The quantitative estimate of drug-likeness (QED) is 0.792. The average Bonchev–Trinajstić information content (AvgIpc) is 3.07. The Labute approximate surface area is 157 Å². The van der Waals surface area contributed by atoms with Crippen molar-refractivity contribution in [1.29, 1.82) is 0 Å². The fourth-order valence-corrected chi connectivity index (χ4v) is 3.42. The summed E-state index contributed by atoms with van der Waals surface area (Å²) >= 11 is 0.